The molecule has 0 unspecified atom stereocenters. The molecule has 0 bridgehead atoms. The van der Waals surface area contributed by atoms with Crippen molar-refractivity contribution in [1.82, 2.24) is 19.9 Å². The Hall–Kier alpha value is -3.03. The maximum atomic E-state index is 13.7. The zero-order chi connectivity index (χ0) is 26.1. The van der Waals surface area contributed by atoms with Gasteiger partial charge in [-0.3, -0.25) is 4.79 Å². The second-order valence-corrected chi connectivity index (χ2v) is 8.85. The van der Waals surface area contributed by atoms with Crippen molar-refractivity contribution in [2.24, 2.45) is 0 Å². The number of rotatable bonds is 6. The van der Waals surface area contributed by atoms with E-state index in [1.165, 1.54) is 18.1 Å². The van der Waals surface area contributed by atoms with E-state index in [1.807, 2.05) is 0 Å². The molecule has 4 rings (SSSR count). The zero-order valence-electron chi connectivity index (χ0n) is 18.8. The van der Waals surface area contributed by atoms with E-state index in [4.69, 9.17) is 16.3 Å². The van der Waals surface area contributed by atoms with Gasteiger partial charge in [0, 0.05) is 24.2 Å². The average molecular weight is 527 g/mol. The van der Waals surface area contributed by atoms with Gasteiger partial charge in [0.15, 0.2) is 23.6 Å². The van der Waals surface area contributed by atoms with Crippen LogP contribution < -0.4 is 0 Å². The van der Waals surface area contributed by atoms with E-state index >= 15 is 0 Å². The van der Waals surface area contributed by atoms with Crippen LogP contribution in [0.15, 0.2) is 42.6 Å². The highest BCUT2D eigenvalue weighted by molar-refractivity contribution is 6.30. The molecule has 5 atom stereocenters. The summed E-state index contributed by atoms with van der Waals surface area (Å²) < 4.78 is 47.2. The molecule has 1 aromatic heterocycles. The molecule has 9 nitrogen and oxygen atoms in total. The van der Waals surface area contributed by atoms with Crippen molar-refractivity contribution in [2.75, 3.05) is 13.7 Å². The van der Waals surface area contributed by atoms with Gasteiger partial charge >= 0.3 is 0 Å². The van der Waals surface area contributed by atoms with Gasteiger partial charge in [0.1, 0.15) is 30.0 Å². The Bertz CT molecular complexity index is 1240. The second kappa shape index (κ2) is 10.5. The van der Waals surface area contributed by atoms with Crippen LogP contribution in [0.1, 0.15) is 11.6 Å². The molecule has 3 N–H and O–H groups in total. The number of aliphatic hydroxyl groups is 3. The largest absolute Gasteiger partial charge is 0.394 e. The Morgan fingerprint density at radius 3 is 2.50 bits per heavy atom. The fourth-order valence-corrected chi connectivity index (χ4v) is 4.29. The number of aliphatic hydroxyl groups excluding tert-OH is 3. The van der Waals surface area contributed by atoms with Gasteiger partial charge in [0.2, 0.25) is 0 Å². The van der Waals surface area contributed by atoms with Crippen LogP contribution in [0, 0.1) is 17.5 Å². The summed E-state index contributed by atoms with van der Waals surface area (Å²) in [6, 6.07) is 6.95. The number of nitrogens with zero attached hydrogens (tertiary/aromatic N) is 4. The lowest BCUT2D eigenvalue weighted by atomic mass is 9.92. The predicted molar refractivity (Wildman–Crippen MR) is 120 cm³/mol. The summed E-state index contributed by atoms with van der Waals surface area (Å²) in [4.78, 5) is 14.4. The number of carbonyl (C=O) groups is 1. The Kier molecular flexibility index (Phi) is 7.62. The summed E-state index contributed by atoms with van der Waals surface area (Å²) in [7, 11) is 1.48. The van der Waals surface area contributed by atoms with Gasteiger partial charge in [-0.05, 0) is 29.8 Å². The van der Waals surface area contributed by atoms with E-state index in [-0.39, 0.29) is 17.8 Å². The summed E-state index contributed by atoms with van der Waals surface area (Å²) >= 11 is 5.99. The number of likely N-dealkylation sites (N-methyl/N-ethyl adjacent to an activating group) is 1. The highest BCUT2D eigenvalue weighted by Crippen LogP contribution is 2.32. The van der Waals surface area contributed by atoms with Crippen molar-refractivity contribution in [3.63, 3.8) is 0 Å². The SMILES string of the molecule is CN(Cc1cccc(Cl)c1)C(=O)[C@@H]1O[C@H](CO)[C@H](O)[C@H](n2cc(-c3cc(F)c(F)c(F)c3)nn2)[C@H]1O. The average Bonchev–Trinajstić information content (AvgIpc) is 3.32. The molecule has 1 saturated heterocycles. The normalized spacial score (nSPS) is 24.1. The lowest BCUT2D eigenvalue weighted by Gasteiger charge is -2.42. The first-order valence-corrected chi connectivity index (χ1v) is 11.2. The Morgan fingerprint density at radius 2 is 1.86 bits per heavy atom. The van der Waals surface area contributed by atoms with Crippen LogP contribution in [0.5, 0.6) is 0 Å². The minimum Gasteiger partial charge on any atom is -0.394 e. The van der Waals surface area contributed by atoms with Crippen LogP contribution in [0.4, 0.5) is 13.2 Å². The lowest BCUT2D eigenvalue weighted by Crippen LogP contribution is -2.60. The minimum absolute atomic E-state index is 0.0832. The standard InChI is InChI=1S/C23H22ClF3N4O5/c1-30(8-11-3-2-4-13(24)5-11)23(35)22-21(34)19(20(33)17(10-32)36-22)31-9-16(28-29-31)12-6-14(25)18(27)15(26)7-12/h2-7,9,17,19-22,32-34H,8,10H2,1H3/t17-,19+,20+,21-,22-/m1/s1. The lowest BCUT2D eigenvalue weighted by molar-refractivity contribution is -0.211. The third kappa shape index (κ3) is 5.08. The number of carbonyl (C=O) groups excluding carboxylic acids is 1. The molecule has 1 aliphatic heterocycles. The fraction of sp³-hybridized carbons (Fsp3) is 0.348. The molecule has 0 radical (unpaired) electrons. The molecule has 36 heavy (non-hydrogen) atoms. The molecule has 0 aliphatic carbocycles. The Balaban J connectivity index is 1.60. The number of halogens is 4. The van der Waals surface area contributed by atoms with Crippen molar-refractivity contribution in [2.45, 2.75) is 37.0 Å². The van der Waals surface area contributed by atoms with Gasteiger partial charge < -0.3 is 25.0 Å². The maximum absolute atomic E-state index is 13.7. The number of amides is 1. The summed E-state index contributed by atoms with van der Waals surface area (Å²) in [6.45, 7) is -0.541. The number of ether oxygens (including phenoxy) is 1. The maximum Gasteiger partial charge on any atom is 0.254 e. The van der Waals surface area contributed by atoms with Crippen LogP contribution >= 0.6 is 11.6 Å². The van der Waals surface area contributed by atoms with E-state index in [1.54, 1.807) is 24.3 Å². The topological polar surface area (TPSA) is 121 Å². The van der Waals surface area contributed by atoms with E-state index < -0.39 is 60.4 Å². The molecular formula is C23H22ClF3N4O5. The van der Waals surface area contributed by atoms with Crippen molar-refractivity contribution < 1.29 is 38.0 Å². The smallest absolute Gasteiger partial charge is 0.254 e. The Labute approximate surface area is 208 Å². The van der Waals surface area contributed by atoms with Crippen LogP contribution in [0.3, 0.4) is 0 Å². The highest BCUT2D eigenvalue weighted by atomic mass is 35.5. The van der Waals surface area contributed by atoms with Crippen molar-refractivity contribution in [3.8, 4) is 11.3 Å². The van der Waals surface area contributed by atoms with Gasteiger partial charge in [-0.1, -0.05) is 28.9 Å². The number of aromatic nitrogens is 3. The van der Waals surface area contributed by atoms with Crippen molar-refractivity contribution in [3.05, 3.63) is 70.6 Å². The monoisotopic (exact) mass is 526 g/mol. The first-order chi connectivity index (χ1) is 17.1. The molecule has 1 aliphatic rings. The summed E-state index contributed by atoms with van der Waals surface area (Å²) in [5, 5.41) is 39.5. The van der Waals surface area contributed by atoms with Crippen LogP contribution in [-0.4, -0.2) is 79.2 Å². The summed E-state index contributed by atoms with van der Waals surface area (Å²) in [5.41, 5.74) is 0.500. The minimum atomic E-state index is -1.65. The van der Waals surface area contributed by atoms with E-state index in [0.717, 1.165) is 22.4 Å². The number of benzene rings is 2. The molecule has 2 heterocycles. The van der Waals surface area contributed by atoms with Gasteiger partial charge in [0.05, 0.1) is 12.8 Å². The molecule has 1 fully saturated rings. The van der Waals surface area contributed by atoms with Gasteiger partial charge in [-0.25, -0.2) is 17.9 Å². The van der Waals surface area contributed by atoms with E-state index in [9.17, 15) is 33.3 Å². The summed E-state index contributed by atoms with van der Waals surface area (Å²) in [5.74, 6) is -5.14. The molecular weight excluding hydrogens is 505 g/mol. The molecule has 192 valence electrons. The molecule has 0 saturated carbocycles. The van der Waals surface area contributed by atoms with E-state index in [2.05, 4.69) is 10.3 Å². The van der Waals surface area contributed by atoms with Crippen molar-refractivity contribution in [1.29, 1.82) is 0 Å². The van der Waals surface area contributed by atoms with Gasteiger partial charge in [0.25, 0.3) is 5.91 Å². The predicted octanol–water partition coefficient (Wildman–Crippen LogP) is 1.70. The fourth-order valence-electron chi connectivity index (χ4n) is 4.08. The quantitative estimate of drug-likeness (QED) is 0.418. The third-order valence-electron chi connectivity index (χ3n) is 5.92. The Morgan fingerprint density at radius 1 is 1.17 bits per heavy atom. The number of hydrogen-bond acceptors (Lipinski definition) is 7. The van der Waals surface area contributed by atoms with Gasteiger partial charge in [-0.2, -0.15) is 0 Å². The van der Waals surface area contributed by atoms with E-state index in [0.29, 0.717) is 5.02 Å². The summed E-state index contributed by atoms with van der Waals surface area (Å²) in [6.07, 6.45) is -4.76. The van der Waals surface area contributed by atoms with Crippen LogP contribution in [0.2, 0.25) is 5.02 Å². The first-order valence-electron chi connectivity index (χ1n) is 10.8. The molecule has 2 aromatic carbocycles. The molecule has 3 aromatic rings. The third-order valence-corrected chi connectivity index (χ3v) is 6.15. The zero-order valence-corrected chi connectivity index (χ0v) is 19.6. The second-order valence-electron chi connectivity index (χ2n) is 8.41. The van der Waals surface area contributed by atoms with Gasteiger partial charge in [-0.15, -0.1) is 5.10 Å². The molecule has 1 amide bonds. The first kappa shape index (κ1) is 26.0. The van der Waals surface area contributed by atoms with Crippen LogP contribution in [0.25, 0.3) is 11.3 Å². The number of hydrogen-bond donors (Lipinski definition) is 3. The highest BCUT2D eigenvalue weighted by Gasteiger charge is 2.49. The van der Waals surface area contributed by atoms with Crippen LogP contribution in [-0.2, 0) is 16.1 Å². The van der Waals surface area contributed by atoms with Crippen molar-refractivity contribution >= 4 is 17.5 Å². The molecule has 13 heteroatoms. The molecule has 0 spiro atoms.